The Hall–Kier alpha value is -2.24. The molecule has 1 aliphatic heterocycles. The number of carbonyl (C=O) groups is 2. The SMILES string of the molecule is CC1Nc2cc(OCC=O)cc(C(=O)O)c2N1. The Balaban J connectivity index is 2.40. The molecule has 1 aromatic carbocycles. The first-order valence-corrected chi connectivity index (χ1v) is 5.12. The highest BCUT2D eigenvalue weighted by Gasteiger charge is 2.23. The highest BCUT2D eigenvalue weighted by atomic mass is 16.5. The van der Waals surface area contributed by atoms with Crippen molar-refractivity contribution in [1.82, 2.24) is 0 Å². The molecule has 1 atom stereocenters. The third-order valence-electron chi connectivity index (χ3n) is 2.39. The molecule has 90 valence electrons. The predicted molar refractivity (Wildman–Crippen MR) is 61.7 cm³/mol. The molecule has 1 aliphatic rings. The molecule has 0 radical (unpaired) electrons. The number of carbonyl (C=O) groups excluding carboxylic acids is 1. The van der Waals surface area contributed by atoms with Crippen LogP contribution < -0.4 is 15.4 Å². The lowest BCUT2D eigenvalue weighted by Gasteiger charge is -2.08. The monoisotopic (exact) mass is 236 g/mol. The van der Waals surface area contributed by atoms with E-state index in [4.69, 9.17) is 9.84 Å². The first-order chi connectivity index (χ1) is 8.11. The first kappa shape index (κ1) is 11.3. The Bertz CT molecular complexity index is 473. The Morgan fingerprint density at radius 1 is 1.53 bits per heavy atom. The zero-order chi connectivity index (χ0) is 12.4. The quantitative estimate of drug-likeness (QED) is 0.679. The number of nitrogens with one attached hydrogen (secondary N) is 2. The van der Waals surface area contributed by atoms with Crippen molar-refractivity contribution in [2.45, 2.75) is 13.1 Å². The van der Waals surface area contributed by atoms with Gasteiger partial charge in [-0.05, 0) is 13.0 Å². The number of anilines is 2. The predicted octanol–water partition coefficient (Wildman–Crippen LogP) is 1.15. The summed E-state index contributed by atoms with van der Waals surface area (Å²) in [5.41, 5.74) is 1.34. The van der Waals surface area contributed by atoms with Gasteiger partial charge in [0.2, 0.25) is 0 Å². The van der Waals surface area contributed by atoms with Crippen molar-refractivity contribution < 1.29 is 19.4 Å². The summed E-state index contributed by atoms with van der Waals surface area (Å²) in [6, 6.07) is 3.07. The van der Waals surface area contributed by atoms with E-state index in [2.05, 4.69) is 10.6 Å². The number of hydrogen-bond donors (Lipinski definition) is 3. The molecule has 1 aromatic rings. The van der Waals surface area contributed by atoms with Gasteiger partial charge in [-0.15, -0.1) is 0 Å². The smallest absolute Gasteiger partial charge is 0.338 e. The molecule has 0 saturated carbocycles. The van der Waals surface area contributed by atoms with Crippen molar-refractivity contribution >= 4 is 23.6 Å². The highest BCUT2D eigenvalue weighted by molar-refractivity contribution is 6.00. The van der Waals surface area contributed by atoms with Gasteiger partial charge in [-0.2, -0.15) is 0 Å². The zero-order valence-corrected chi connectivity index (χ0v) is 9.19. The molecule has 2 rings (SSSR count). The van der Waals surface area contributed by atoms with E-state index in [1.165, 1.54) is 6.07 Å². The molecule has 3 N–H and O–H groups in total. The second kappa shape index (κ2) is 4.32. The van der Waals surface area contributed by atoms with Gasteiger partial charge in [0.15, 0.2) is 6.29 Å². The summed E-state index contributed by atoms with van der Waals surface area (Å²) >= 11 is 0. The van der Waals surface area contributed by atoms with E-state index in [9.17, 15) is 9.59 Å². The summed E-state index contributed by atoms with van der Waals surface area (Å²) in [4.78, 5) is 21.3. The number of aldehydes is 1. The van der Waals surface area contributed by atoms with Crippen LogP contribution in [0.3, 0.4) is 0 Å². The van der Waals surface area contributed by atoms with Crippen molar-refractivity contribution in [2.24, 2.45) is 0 Å². The average Bonchev–Trinajstić information content (AvgIpc) is 2.64. The highest BCUT2D eigenvalue weighted by Crippen LogP contribution is 2.36. The summed E-state index contributed by atoms with van der Waals surface area (Å²) in [5.74, 6) is -0.683. The van der Waals surface area contributed by atoms with E-state index in [-0.39, 0.29) is 18.3 Å². The van der Waals surface area contributed by atoms with Gasteiger partial charge < -0.3 is 20.5 Å². The molecule has 0 spiro atoms. The van der Waals surface area contributed by atoms with E-state index in [1.807, 2.05) is 6.92 Å². The van der Waals surface area contributed by atoms with Gasteiger partial charge in [-0.3, -0.25) is 4.79 Å². The lowest BCUT2D eigenvalue weighted by atomic mass is 10.1. The number of aromatic carboxylic acids is 1. The van der Waals surface area contributed by atoms with Crippen LogP contribution in [-0.4, -0.2) is 30.1 Å². The van der Waals surface area contributed by atoms with Crippen LogP contribution in [0.2, 0.25) is 0 Å². The number of carboxylic acid groups (broad SMARTS) is 1. The van der Waals surface area contributed by atoms with E-state index >= 15 is 0 Å². The molecule has 6 heteroatoms. The lowest BCUT2D eigenvalue weighted by Crippen LogP contribution is -2.16. The van der Waals surface area contributed by atoms with Gasteiger partial charge in [-0.1, -0.05) is 0 Å². The van der Waals surface area contributed by atoms with Gasteiger partial charge >= 0.3 is 5.97 Å². The minimum Gasteiger partial charge on any atom is -0.486 e. The van der Waals surface area contributed by atoms with Crippen LogP contribution in [-0.2, 0) is 4.79 Å². The topological polar surface area (TPSA) is 87.7 Å². The summed E-state index contributed by atoms with van der Waals surface area (Å²) in [5, 5.41) is 15.2. The van der Waals surface area contributed by atoms with Gasteiger partial charge in [0.05, 0.1) is 23.1 Å². The molecule has 0 aromatic heterocycles. The number of hydrogen-bond acceptors (Lipinski definition) is 5. The zero-order valence-electron chi connectivity index (χ0n) is 9.19. The van der Waals surface area contributed by atoms with Crippen LogP contribution in [0.4, 0.5) is 11.4 Å². The number of rotatable bonds is 4. The van der Waals surface area contributed by atoms with E-state index in [0.29, 0.717) is 23.4 Å². The van der Waals surface area contributed by atoms with Crippen LogP contribution in [0.15, 0.2) is 12.1 Å². The van der Waals surface area contributed by atoms with Crippen molar-refractivity contribution in [3.8, 4) is 5.75 Å². The fourth-order valence-electron chi connectivity index (χ4n) is 1.75. The van der Waals surface area contributed by atoms with Crippen LogP contribution in [0.1, 0.15) is 17.3 Å². The summed E-state index contributed by atoms with van der Waals surface area (Å²) in [7, 11) is 0. The Labute approximate surface area is 97.6 Å². The number of benzene rings is 1. The fourth-order valence-corrected chi connectivity index (χ4v) is 1.75. The number of fused-ring (bicyclic) bond motifs is 1. The standard InChI is InChI=1S/C11H12N2O4/c1-6-12-9-5-7(17-3-2-14)4-8(11(15)16)10(9)13-6/h2,4-6,12-13H,3H2,1H3,(H,15,16). The molecule has 1 unspecified atom stereocenters. The minimum absolute atomic E-state index is 0.0376. The fraction of sp³-hybridized carbons (Fsp3) is 0.273. The lowest BCUT2D eigenvalue weighted by molar-refractivity contribution is -0.109. The van der Waals surface area contributed by atoms with Gasteiger partial charge in [0, 0.05) is 6.07 Å². The molecule has 0 bridgehead atoms. The first-order valence-electron chi connectivity index (χ1n) is 5.12. The van der Waals surface area contributed by atoms with Crippen LogP contribution in [0.5, 0.6) is 5.75 Å². The Kier molecular flexibility index (Phi) is 2.86. The van der Waals surface area contributed by atoms with Crippen LogP contribution >= 0.6 is 0 Å². The summed E-state index contributed by atoms with van der Waals surface area (Å²) in [6.45, 7) is 1.78. The Morgan fingerprint density at radius 3 is 2.94 bits per heavy atom. The third-order valence-corrected chi connectivity index (χ3v) is 2.39. The van der Waals surface area contributed by atoms with Gasteiger partial charge in [0.1, 0.15) is 12.4 Å². The number of carboxylic acids is 1. The second-order valence-electron chi connectivity index (χ2n) is 3.69. The normalized spacial score (nSPS) is 16.6. The van der Waals surface area contributed by atoms with Crippen molar-refractivity contribution in [3.05, 3.63) is 17.7 Å². The van der Waals surface area contributed by atoms with Crippen LogP contribution in [0, 0.1) is 0 Å². The summed E-state index contributed by atoms with van der Waals surface area (Å²) < 4.78 is 5.11. The molecule has 0 fully saturated rings. The maximum absolute atomic E-state index is 11.1. The second-order valence-corrected chi connectivity index (χ2v) is 3.69. The third kappa shape index (κ3) is 2.15. The molecule has 0 amide bonds. The molecule has 1 heterocycles. The molecule has 0 saturated heterocycles. The molecule has 6 nitrogen and oxygen atoms in total. The van der Waals surface area contributed by atoms with Crippen molar-refractivity contribution in [3.63, 3.8) is 0 Å². The Morgan fingerprint density at radius 2 is 2.29 bits per heavy atom. The minimum atomic E-state index is -1.04. The van der Waals surface area contributed by atoms with E-state index < -0.39 is 5.97 Å². The average molecular weight is 236 g/mol. The van der Waals surface area contributed by atoms with Gasteiger partial charge in [-0.25, -0.2) is 4.79 Å². The molecule has 0 aliphatic carbocycles. The molecule has 17 heavy (non-hydrogen) atoms. The van der Waals surface area contributed by atoms with Crippen LogP contribution in [0.25, 0.3) is 0 Å². The van der Waals surface area contributed by atoms with Gasteiger partial charge in [0.25, 0.3) is 0 Å². The number of ether oxygens (including phenoxy) is 1. The maximum atomic E-state index is 11.1. The van der Waals surface area contributed by atoms with E-state index in [1.54, 1.807) is 6.07 Å². The van der Waals surface area contributed by atoms with Crippen molar-refractivity contribution in [1.29, 1.82) is 0 Å². The van der Waals surface area contributed by atoms with E-state index in [0.717, 1.165) is 0 Å². The summed E-state index contributed by atoms with van der Waals surface area (Å²) in [6.07, 6.45) is 0.575. The largest absolute Gasteiger partial charge is 0.486 e. The van der Waals surface area contributed by atoms with Crippen molar-refractivity contribution in [2.75, 3.05) is 17.2 Å². The molecular formula is C11H12N2O4. The maximum Gasteiger partial charge on any atom is 0.338 e. The molecular weight excluding hydrogens is 224 g/mol.